The summed E-state index contributed by atoms with van der Waals surface area (Å²) in [7, 11) is -4.54. The highest BCUT2D eigenvalue weighted by Gasteiger charge is 1.95. The monoisotopic (exact) mass is 201 g/mol. The van der Waals surface area contributed by atoms with Crippen molar-refractivity contribution in [2.45, 2.75) is 6.42 Å². The second-order valence-corrected chi connectivity index (χ2v) is 3.52. The summed E-state index contributed by atoms with van der Waals surface area (Å²) in [5.41, 5.74) is 0.936. The predicted octanol–water partition coefficient (Wildman–Crippen LogP) is 0.706. The summed E-state index contributed by atoms with van der Waals surface area (Å²) in [6.07, 6.45) is 0.419. The minimum Gasteiger partial charge on any atom is -0.726 e. The third-order valence-electron chi connectivity index (χ3n) is 1.46. The van der Waals surface area contributed by atoms with Gasteiger partial charge < -0.3 is 4.55 Å². The molecule has 5 heteroatoms. The van der Waals surface area contributed by atoms with Crippen molar-refractivity contribution in [1.29, 1.82) is 0 Å². The zero-order valence-electron chi connectivity index (χ0n) is 6.84. The lowest BCUT2D eigenvalue weighted by molar-refractivity contribution is 0.264. The molecule has 1 rings (SSSR count). The van der Waals surface area contributed by atoms with Crippen LogP contribution in [0.3, 0.4) is 0 Å². The van der Waals surface area contributed by atoms with Crippen molar-refractivity contribution in [3.05, 3.63) is 35.9 Å². The van der Waals surface area contributed by atoms with E-state index in [9.17, 15) is 13.0 Å². The Labute approximate surface area is 77.1 Å². The van der Waals surface area contributed by atoms with Gasteiger partial charge >= 0.3 is 0 Å². The normalized spacial score (nSPS) is 11.5. The van der Waals surface area contributed by atoms with Gasteiger partial charge in [0.15, 0.2) is 0 Å². The lowest BCUT2D eigenvalue weighted by Gasteiger charge is -2.06. The van der Waals surface area contributed by atoms with E-state index in [0.29, 0.717) is 6.42 Å². The molecule has 72 valence electrons. The molecule has 0 aliphatic heterocycles. The Morgan fingerprint density at radius 2 is 1.85 bits per heavy atom. The summed E-state index contributed by atoms with van der Waals surface area (Å²) in [4.78, 5) is 0. The minimum atomic E-state index is -4.54. The number of rotatable bonds is 4. The molecule has 0 fully saturated rings. The van der Waals surface area contributed by atoms with Crippen molar-refractivity contribution in [2.24, 2.45) is 0 Å². The Kier molecular flexibility index (Phi) is 3.41. The maximum Gasteiger partial charge on any atom is 0.217 e. The van der Waals surface area contributed by atoms with Gasteiger partial charge in [0.2, 0.25) is 10.4 Å². The lowest BCUT2D eigenvalue weighted by atomic mass is 10.2. The topological polar surface area (TPSA) is 66.4 Å². The molecule has 0 aliphatic rings. The highest BCUT2D eigenvalue weighted by Crippen LogP contribution is 2.00. The van der Waals surface area contributed by atoms with Crippen LogP contribution in [0.15, 0.2) is 30.3 Å². The standard InChI is InChI=1S/C8H10O4S/c9-13(10,11)12-7-6-8-4-2-1-3-5-8/h1-5H,6-7H2,(H,9,10,11)/p-1. The Balaban J connectivity index is 2.37. The van der Waals surface area contributed by atoms with Crippen LogP contribution in [-0.2, 0) is 21.0 Å². The predicted molar refractivity (Wildman–Crippen MR) is 45.8 cm³/mol. The SMILES string of the molecule is O=S(=O)([O-])OCCc1ccccc1. The summed E-state index contributed by atoms with van der Waals surface area (Å²) >= 11 is 0. The molecule has 0 aliphatic carbocycles. The van der Waals surface area contributed by atoms with Crippen molar-refractivity contribution in [3.8, 4) is 0 Å². The summed E-state index contributed by atoms with van der Waals surface area (Å²) in [6, 6.07) is 9.19. The molecule has 0 N–H and O–H groups in total. The van der Waals surface area contributed by atoms with E-state index < -0.39 is 10.4 Å². The Morgan fingerprint density at radius 3 is 2.38 bits per heavy atom. The van der Waals surface area contributed by atoms with Gasteiger partial charge in [0.25, 0.3) is 0 Å². The van der Waals surface area contributed by atoms with Crippen molar-refractivity contribution < 1.29 is 17.2 Å². The number of hydrogen-bond acceptors (Lipinski definition) is 4. The van der Waals surface area contributed by atoms with Crippen molar-refractivity contribution in [2.75, 3.05) is 6.61 Å². The largest absolute Gasteiger partial charge is 0.726 e. The van der Waals surface area contributed by atoms with Crippen LogP contribution in [0.2, 0.25) is 0 Å². The first-order valence-corrected chi connectivity index (χ1v) is 5.05. The number of benzene rings is 1. The zero-order valence-corrected chi connectivity index (χ0v) is 7.66. The molecule has 0 unspecified atom stereocenters. The average molecular weight is 201 g/mol. The molecule has 0 amide bonds. The van der Waals surface area contributed by atoms with Crippen LogP contribution in [-0.4, -0.2) is 19.6 Å². The van der Waals surface area contributed by atoms with Gasteiger partial charge in [0.05, 0.1) is 6.61 Å². The van der Waals surface area contributed by atoms with E-state index in [-0.39, 0.29) is 6.61 Å². The molecule has 13 heavy (non-hydrogen) atoms. The Bertz CT molecular complexity index is 344. The minimum absolute atomic E-state index is 0.101. The molecule has 4 nitrogen and oxygen atoms in total. The van der Waals surface area contributed by atoms with E-state index in [4.69, 9.17) is 0 Å². The van der Waals surface area contributed by atoms with Crippen LogP contribution in [0.1, 0.15) is 5.56 Å². The summed E-state index contributed by atoms with van der Waals surface area (Å²) in [5, 5.41) is 0. The first-order valence-electron chi connectivity index (χ1n) is 3.72. The van der Waals surface area contributed by atoms with Crippen molar-refractivity contribution in [1.82, 2.24) is 0 Å². The van der Waals surface area contributed by atoms with Crippen molar-refractivity contribution in [3.63, 3.8) is 0 Å². The fourth-order valence-corrected chi connectivity index (χ4v) is 1.19. The molecular formula is C8H9O4S-. The molecule has 0 spiro atoms. The van der Waals surface area contributed by atoms with Crippen molar-refractivity contribution >= 4 is 10.4 Å². The quantitative estimate of drug-likeness (QED) is 0.531. The molecule has 0 radical (unpaired) electrons. The van der Waals surface area contributed by atoms with Gasteiger partial charge in [0, 0.05) is 0 Å². The second kappa shape index (κ2) is 4.36. The van der Waals surface area contributed by atoms with Crippen LogP contribution in [0.25, 0.3) is 0 Å². The second-order valence-electron chi connectivity index (χ2n) is 2.47. The first-order chi connectivity index (χ1) is 6.08. The Hall–Kier alpha value is -0.910. The van der Waals surface area contributed by atoms with Gasteiger partial charge in [-0.3, -0.25) is 4.18 Å². The van der Waals surface area contributed by atoms with Gasteiger partial charge in [0.1, 0.15) is 0 Å². The van der Waals surface area contributed by atoms with E-state index >= 15 is 0 Å². The van der Waals surface area contributed by atoms with Crippen LogP contribution < -0.4 is 0 Å². The molecule has 1 aromatic carbocycles. The Morgan fingerprint density at radius 1 is 1.23 bits per heavy atom. The molecular weight excluding hydrogens is 192 g/mol. The van der Waals surface area contributed by atoms with E-state index in [2.05, 4.69) is 4.18 Å². The van der Waals surface area contributed by atoms with Gasteiger partial charge in [-0.15, -0.1) is 0 Å². The number of hydrogen-bond donors (Lipinski definition) is 0. The zero-order chi connectivity index (χ0) is 9.73. The molecule has 0 saturated heterocycles. The van der Waals surface area contributed by atoms with Gasteiger partial charge in [-0.25, -0.2) is 8.42 Å². The average Bonchev–Trinajstić information content (AvgIpc) is 2.04. The van der Waals surface area contributed by atoms with Crippen LogP contribution in [0.4, 0.5) is 0 Å². The van der Waals surface area contributed by atoms with E-state index in [1.54, 1.807) is 0 Å². The van der Waals surface area contributed by atoms with Crippen LogP contribution in [0.5, 0.6) is 0 Å². The molecule has 0 aromatic heterocycles. The van der Waals surface area contributed by atoms with Gasteiger partial charge in [-0.2, -0.15) is 0 Å². The van der Waals surface area contributed by atoms with Crippen LogP contribution in [0, 0.1) is 0 Å². The van der Waals surface area contributed by atoms with Gasteiger partial charge in [-0.05, 0) is 12.0 Å². The van der Waals surface area contributed by atoms with Gasteiger partial charge in [-0.1, -0.05) is 30.3 Å². The third kappa shape index (κ3) is 4.62. The molecule has 0 saturated carbocycles. The van der Waals surface area contributed by atoms with Crippen LogP contribution >= 0.6 is 0 Å². The summed E-state index contributed by atoms with van der Waals surface area (Å²) < 4.78 is 34.2. The highest BCUT2D eigenvalue weighted by molar-refractivity contribution is 7.80. The summed E-state index contributed by atoms with van der Waals surface area (Å²) in [6.45, 7) is -0.101. The first kappa shape index (κ1) is 10.2. The maximum absolute atomic E-state index is 10.0. The smallest absolute Gasteiger partial charge is 0.217 e. The molecule has 0 heterocycles. The highest BCUT2D eigenvalue weighted by atomic mass is 32.3. The maximum atomic E-state index is 10.0. The summed E-state index contributed by atoms with van der Waals surface area (Å²) in [5.74, 6) is 0. The lowest BCUT2D eigenvalue weighted by Crippen LogP contribution is -2.07. The molecule has 0 bridgehead atoms. The van der Waals surface area contributed by atoms with E-state index in [1.165, 1.54) is 0 Å². The molecule has 1 aromatic rings. The fourth-order valence-electron chi connectivity index (χ4n) is 0.906. The fraction of sp³-hybridized carbons (Fsp3) is 0.250. The molecule has 0 atom stereocenters. The van der Waals surface area contributed by atoms with E-state index in [0.717, 1.165) is 5.56 Å². The third-order valence-corrected chi connectivity index (χ3v) is 1.92. The van der Waals surface area contributed by atoms with E-state index in [1.807, 2.05) is 30.3 Å².